The van der Waals surface area contributed by atoms with E-state index < -0.39 is 0 Å². The standard InChI is InChI=1S/C20H26N2O2/c1-16-4-2-6-18(14-16)15-22-11-8-17(9-12-22)5-3-7-19(23)20-21-10-13-24-20/h2,4,6,10,13-14,17H,3,5,7-9,11-12,15H2,1H3. The number of aryl methyl sites for hydroxylation is 1. The molecule has 2 heterocycles. The average Bonchev–Trinajstić information content (AvgIpc) is 3.11. The first-order chi connectivity index (χ1) is 11.7. The van der Waals surface area contributed by atoms with Gasteiger partial charge < -0.3 is 4.42 Å². The number of nitrogens with zero attached hydrogens (tertiary/aromatic N) is 2. The zero-order valence-corrected chi connectivity index (χ0v) is 14.4. The minimum atomic E-state index is 0.0249. The summed E-state index contributed by atoms with van der Waals surface area (Å²) >= 11 is 0. The summed E-state index contributed by atoms with van der Waals surface area (Å²) in [4.78, 5) is 18.3. The van der Waals surface area contributed by atoms with Crippen LogP contribution in [0.1, 0.15) is 53.9 Å². The van der Waals surface area contributed by atoms with Crippen LogP contribution in [0.5, 0.6) is 0 Å². The van der Waals surface area contributed by atoms with Gasteiger partial charge in [0.2, 0.25) is 5.78 Å². The molecule has 24 heavy (non-hydrogen) atoms. The molecule has 0 N–H and O–H groups in total. The van der Waals surface area contributed by atoms with Gasteiger partial charge in [-0.1, -0.05) is 29.8 Å². The van der Waals surface area contributed by atoms with Crippen molar-refractivity contribution in [2.45, 2.75) is 45.6 Å². The fourth-order valence-corrected chi connectivity index (χ4v) is 3.52. The molecule has 0 unspecified atom stereocenters. The number of rotatable bonds is 7. The Morgan fingerprint density at radius 3 is 2.88 bits per heavy atom. The largest absolute Gasteiger partial charge is 0.442 e. The van der Waals surface area contributed by atoms with E-state index in [-0.39, 0.29) is 11.7 Å². The van der Waals surface area contributed by atoms with Crippen molar-refractivity contribution in [3.63, 3.8) is 0 Å². The molecule has 0 atom stereocenters. The predicted octanol–water partition coefficient (Wildman–Crippen LogP) is 4.25. The minimum absolute atomic E-state index is 0.0249. The van der Waals surface area contributed by atoms with E-state index in [0.29, 0.717) is 6.42 Å². The van der Waals surface area contributed by atoms with E-state index in [0.717, 1.165) is 38.4 Å². The van der Waals surface area contributed by atoms with Gasteiger partial charge in [-0.15, -0.1) is 0 Å². The Hall–Kier alpha value is -1.94. The summed E-state index contributed by atoms with van der Waals surface area (Å²) in [6.07, 6.45) is 8.06. The van der Waals surface area contributed by atoms with Crippen LogP contribution in [0.2, 0.25) is 0 Å². The number of carbonyl (C=O) groups excluding carboxylic acids is 1. The van der Waals surface area contributed by atoms with Crippen LogP contribution in [0.4, 0.5) is 0 Å². The molecule has 1 aromatic carbocycles. The second-order valence-electron chi connectivity index (χ2n) is 6.86. The first-order valence-corrected chi connectivity index (χ1v) is 8.91. The Morgan fingerprint density at radius 2 is 2.17 bits per heavy atom. The normalized spacial score (nSPS) is 16.4. The number of carbonyl (C=O) groups is 1. The fourth-order valence-electron chi connectivity index (χ4n) is 3.52. The molecule has 1 aliphatic rings. The predicted molar refractivity (Wildman–Crippen MR) is 93.9 cm³/mol. The van der Waals surface area contributed by atoms with Gasteiger partial charge in [0.05, 0.1) is 6.20 Å². The molecule has 0 spiro atoms. The van der Waals surface area contributed by atoms with Gasteiger partial charge in [-0.25, -0.2) is 4.98 Å². The maximum absolute atomic E-state index is 11.9. The minimum Gasteiger partial charge on any atom is -0.442 e. The monoisotopic (exact) mass is 326 g/mol. The van der Waals surface area contributed by atoms with E-state index in [2.05, 4.69) is 41.1 Å². The maximum Gasteiger partial charge on any atom is 0.263 e. The number of hydrogen-bond acceptors (Lipinski definition) is 4. The van der Waals surface area contributed by atoms with E-state index in [9.17, 15) is 4.79 Å². The molecule has 1 fully saturated rings. The lowest BCUT2D eigenvalue weighted by molar-refractivity contribution is 0.0940. The lowest BCUT2D eigenvalue weighted by Crippen LogP contribution is -2.33. The molecule has 0 radical (unpaired) electrons. The summed E-state index contributed by atoms with van der Waals surface area (Å²) in [6.45, 7) is 5.52. The van der Waals surface area contributed by atoms with Crippen LogP contribution in [0.3, 0.4) is 0 Å². The number of hydrogen-bond donors (Lipinski definition) is 0. The highest BCUT2D eigenvalue weighted by atomic mass is 16.3. The first-order valence-electron chi connectivity index (χ1n) is 8.91. The molecule has 0 bridgehead atoms. The van der Waals surface area contributed by atoms with E-state index in [1.807, 2.05) is 0 Å². The van der Waals surface area contributed by atoms with Crippen molar-refractivity contribution in [1.29, 1.82) is 0 Å². The van der Waals surface area contributed by atoms with Gasteiger partial charge in [-0.2, -0.15) is 0 Å². The number of oxazole rings is 1. The summed E-state index contributed by atoms with van der Waals surface area (Å²) in [5.74, 6) is 1.02. The van der Waals surface area contributed by atoms with Crippen molar-refractivity contribution in [3.8, 4) is 0 Å². The van der Waals surface area contributed by atoms with Crippen LogP contribution in [-0.4, -0.2) is 28.8 Å². The molecular weight excluding hydrogens is 300 g/mol. The van der Waals surface area contributed by atoms with Gasteiger partial charge in [-0.3, -0.25) is 9.69 Å². The Bertz CT molecular complexity index is 643. The van der Waals surface area contributed by atoms with Crippen LogP contribution in [0, 0.1) is 12.8 Å². The van der Waals surface area contributed by atoms with Gasteiger partial charge in [0, 0.05) is 13.0 Å². The molecule has 0 amide bonds. The highest BCUT2D eigenvalue weighted by Crippen LogP contribution is 2.24. The summed E-state index contributed by atoms with van der Waals surface area (Å²) in [6, 6.07) is 8.78. The van der Waals surface area contributed by atoms with E-state index in [1.54, 1.807) is 0 Å². The van der Waals surface area contributed by atoms with Gasteiger partial charge in [0.1, 0.15) is 6.26 Å². The molecule has 1 aliphatic heterocycles. The number of benzene rings is 1. The van der Waals surface area contributed by atoms with Crippen LogP contribution in [-0.2, 0) is 6.54 Å². The van der Waals surface area contributed by atoms with Crippen molar-refractivity contribution in [3.05, 3.63) is 53.7 Å². The molecular formula is C20H26N2O2. The lowest BCUT2D eigenvalue weighted by Gasteiger charge is -2.32. The van der Waals surface area contributed by atoms with Gasteiger partial charge in [-0.05, 0) is 57.2 Å². The fraction of sp³-hybridized carbons (Fsp3) is 0.500. The van der Waals surface area contributed by atoms with Crippen LogP contribution in [0.15, 0.2) is 41.1 Å². The quantitative estimate of drug-likeness (QED) is 0.714. The smallest absolute Gasteiger partial charge is 0.263 e. The number of Topliss-reactive ketones (excluding diaryl/α,β-unsaturated/α-hetero) is 1. The van der Waals surface area contributed by atoms with Crippen molar-refractivity contribution in [2.24, 2.45) is 5.92 Å². The highest BCUT2D eigenvalue weighted by Gasteiger charge is 2.20. The van der Waals surface area contributed by atoms with E-state index in [4.69, 9.17) is 4.42 Å². The molecule has 4 heteroatoms. The molecule has 2 aromatic rings. The molecule has 3 rings (SSSR count). The van der Waals surface area contributed by atoms with Gasteiger partial charge in [0.15, 0.2) is 0 Å². The summed E-state index contributed by atoms with van der Waals surface area (Å²) < 4.78 is 5.05. The second kappa shape index (κ2) is 8.25. The zero-order chi connectivity index (χ0) is 16.8. The molecule has 128 valence electrons. The van der Waals surface area contributed by atoms with E-state index in [1.165, 1.54) is 36.4 Å². The molecule has 4 nitrogen and oxygen atoms in total. The Balaban J connectivity index is 1.35. The maximum atomic E-state index is 11.9. The number of piperidine rings is 1. The summed E-state index contributed by atoms with van der Waals surface area (Å²) in [7, 11) is 0. The second-order valence-corrected chi connectivity index (χ2v) is 6.86. The van der Waals surface area contributed by atoms with Gasteiger partial charge >= 0.3 is 0 Å². The van der Waals surface area contributed by atoms with Crippen LogP contribution < -0.4 is 0 Å². The number of likely N-dealkylation sites (tertiary alicyclic amines) is 1. The summed E-state index contributed by atoms with van der Waals surface area (Å²) in [5.41, 5.74) is 2.74. The topological polar surface area (TPSA) is 46.3 Å². The number of ketones is 1. The lowest BCUT2D eigenvalue weighted by atomic mass is 9.91. The first kappa shape index (κ1) is 16.9. The molecule has 1 aromatic heterocycles. The van der Waals surface area contributed by atoms with Crippen molar-refractivity contribution >= 4 is 5.78 Å². The number of aromatic nitrogens is 1. The molecule has 0 saturated carbocycles. The summed E-state index contributed by atoms with van der Waals surface area (Å²) in [5, 5.41) is 0. The SMILES string of the molecule is Cc1cccc(CN2CCC(CCCC(=O)c3ncco3)CC2)c1. The van der Waals surface area contributed by atoms with E-state index >= 15 is 0 Å². The third-order valence-electron chi connectivity index (χ3n) is 4.88. The Morgan fingerprint density at radius 1 is 1.33 bits per heavy atom. The van der Waals surface area contributed by atoms with Crippen LogP contribution >= 0.6 is 0 Å². The average molecular weight is 326 g/mol. The van der Waals surface area contributed by atoms with Crippen molar-refractivity contribution in [2.75, 3.05) is 13.1 Å². The van der Waals surface area contributed by atoms with Gasteiger partial charge in [0.25, 0.3) is 5.89 Å². The van der Waals surface area contributed by atoms with Crippen molar-refractivity contribution in [1.82, 2.24) is 9.88 Å². The third kappa shape index (κ3) is 4.78. The van der Waals surface area contributed by atoms with Crippen LogP contribution in [0.25, 0.3) is 0 Å². The Labute approximate surface area is 143 Å². The zero-order valence-electron chi connectivity index (χ0n) is 14.4. The highest BCUT2D eigenvalue weighted by molar-refractivity contribution is 5.91. The third-order valence-corrected chi connectivity index (χ3v) is 4.88. The van der Waals surface area contributed by atoms with Crippen molar-refractivity contribution < 1.29 is 9.21 Å². The Kier molecular flexibility index (Phi) is 5.81. The molecule has 1 saturated heterocycles. The molecule has 0 aliphatic carbocycles.